The number of fused-ring (bicyclic) bond motifs is 2. The number of nitrogens with two attached hydrogens (primary N) is 1. The van der Waals surface area contributed by atoms with Crippen molar-refractivity contribution in [2.75, 3.05) is 17.6 Å². The summed E-state index contributed by atoms with van der Waals surface area (Å²) in [7, 11) is 0. The van der Waals surface area contributed by atoms with Crippen molar-refractivity contribution in [2.24, 2.45) is 0 Å². The van der Waals surface area contributed by atoms with Crippen LogP contribution in [0.3, 0.4) is 0 Å². The van der Waals surface area contributed by atoms with Gasteiger partial charge in [0.15, 0.2) is 11.5 Å². The van der Waals surface area contributed by atoms with E-state index in [1.54, 1.807) is 30.5 Å². The predicted octanol–water partition coefficient (Wildman–Crippen LogP) is 3.76. The van der Waals surface area contributed by atoms with Gasteiger partial charge < -0.3 is 21.4 Å². The molecule has 0 aliphatic heterocycles. The Morgan fingerprint density at radius 1 is 1.14 bits per heavy atom. The quantitative estimate of drug-likeness (QED) is 0.300. The molecule has 1 aromatic carbocycles. The summed E-state index contributed by atoms with van der Waals surface area (Å²) in [6, 6.07) is 9.19. The molecule has 0 radical (unpaired) electrons. The molecule has 13 heteroatoms. The molecule has 0 aliphatic carbocycles. The van der Waals surface area contributed by atoms with Gasteiger partial charge in [0.1, 0.15) is 17.5 Å². The van der Waals surface area contributed by atoms with E-state index in [1.165, 1.54) is 16.9 Å². The number of amides is 1. The molecule has 5 aromatic rings. The number of hydrogen-bond donors (Lipinski definition) is 4. The number of alkyl halides is 3. The molecule has 0 aliphatic rings. The number of nitrogens with one attached hydrogen (secondary N) is 3. The zero-order chi connectivity index (χ0) is 24.7. The van der Waals surface area contributed by atoms with Crippen LogP contribution in [0.1, 0.15) is 23.0 Å². The highest BCUT2D eigenvalue weighted by Crippen LogP contribution is 2.33. The molecule has 4 heterocycles. The van der Waals surface area contributed by atoms with Crippen molar-refractivity contribution in [3.63, 3.8) is 0 Å². The number of hydrogen-bond acceptors (Lipinski definition) is 7. The Hall–Kier alpha value is -4.68. The van der Waals surface area contributed by atoms with Crippen molar-refractivity contribution in [1.82, 2.24) is 34.9 Å². The normalized spacial score (nSPS) is 11.8. The lowest BCUT2D eigenvalue weighted by Crippen LogP contribution is -2.22. The van der Waals surface area contributed by atoms with Crippen LogP contribution in [0.4, 0.5) is 30.6 Å². The first-order chi connectivity index (χ1) is 16.7. The number of carbonyl (C=O) groups excluding carboxylic acids is 1. The summed E-state index contributed by atoms with van der Waals surface area (Å²) in [6.07, 6.45) is -1.65. The average Bonchev–Trinajstić information content (AvgIpc) is 3.40. The van der Waals surface area contributed by atoms with Crippen LogP contribution < -0.4 is 16.4 Å². The van der Waals surface area contributed by atoms with Gasteiger partial charge >= 0.3 is 6.18 Å². The monoisotopic (exact) mass is 481 g/mol. The largest absolute Gasteiger partial charge is 0.433 e. The Kier molecular flexibility index (Phi) is 5.23. The highest BCUT2D eigenvalue weighted by Gasteiger charge is 2.32. The number of pyridine rings is 1. The molecule has 0 saturated carbocycles. The molecule has 5 rings (SSSR count). The summed E-state index contributed by atoms with van der Waals surface area (Å²) in [4.78, 5) is 27.3. The van der Waals surface area contributed by atoms with Gasteiger partial charge in [0, 0.05) is 24.0 Å². The fraction of sp³-hybridized carbons (Fsp3) is 0.136. The summed E-state index contributed by atoms with van der Waals surface area (Å²) < 4.78 is 40.2. The van der Waals surface area contributed by atoms with Gasteiger partial charge in [-0.2, -0.15) is 23.3 Å². The number of H-pyrrole nitrogens is 1. The van der Waals surface area contributed by atoms with Crippen LogP contribution in [-0.2, 0) is 6.18 Å². The maximum atomic E-state index is 12.9. The Morgan fingerprint density at radius 2 is 1.91 bits per heavy atom. The summed E-state index contributed by atoms with van der Waals surface area (Å²) in [5.74, 6) is 0.179. The number of carbonyl (C=O) groups is 1. The van der Waals surface area contributed by atoms with E-state index in [4.69, 9.17) is 5.73 Å². The molecule has 5 N–H and O–H groups in total. The highest BCUT2D eigenvalue weighted by molar-refractivity contribution is 6.07. The topological polar surface area (TPSA) is 139 Å². The maximum Gasteiger partial charge on any atom is 0.433 e. The fourth-order valence-corrected chi connectivity index (χ4v) is 3.72. The van der Waals surface area contributed by atoms with Gasteiger partial charge in [-0.1, -0.05) is 12.1 Å². The number of halogens is 3. The molecule has 178 valence electrons. The molecule has 0 atom stereocenters. The first kappa shape index (κ1) is 22.1. The number of aromatic amines is 1. The molecule has 0 unspecified atom stereocenters. The molecular formula is C22H18F3N9O. The first-order valence-corrected chi connectivity index (χ1v) is 10.5. The van der Waals surface area contributed by atoms with E-state index in [0.717, 1.165) is 6.07 Å². The van der Waals surface area contributed by atoms with Crippen LogP contribution in [0.2, 0.25) is 0 Å². The molecule has 4 aromatic heterocycles. The second-order valence-corrected chi connectivity index (χ2v) is 7.57. The number of anilines is 3. The van der Waals surface area contributed by atoms with Gasteiger partial charge in [-0.15, -0.1) is 0 Å². The van der Waals surface area contributed by atoms with Gasteiger partial charge in [-0.3, -0.25) is 4.79 Å². The van der Waals surface area contributed by atoms with Crippen LogP contribution in [-0.4, -0.2) is 42.0 Å². The number of aromatic nitrogens is 6. The van der Waals surface area contributed by atoms with Gasteiger partial charge in [-0.25, -0.2) is 14.5 Å². The number of nitrogens with zero attached hydrogens (tertiary/aromatic N) is 5. The molecule has 0 fully saturated rings. The van der Waals surface area contributed by atoms with Crippen molar-refractivity contribution in [2.45, 2.75) is 13.1 Å². The van der Waals surface area contributed by atoms with Crippen LogP contribution in [0, 0.1) is 0 Å². The third-order valence-corrected chi connectivity index (χ3v) is 5.26. The third-order valence-electron chi connectivity index (χ3n) is 5.26. The number of benzene rings is 1. The Bertz CT molecular complexity index is 1550. The van der Waals surface area contributed by atoms with Gasteiger partial charge in [0.05, 0.1) is 11.1 Å². The second-order valence-electron chi connectivity index (χ2n) is 7.57. The zero-order valence-electron chi connectivity index (χ0n) is 18.2. The summed E-state index contributed by atoms with van der Waals surface area (Å²) in [5.41, 5.74) is 8.15. The summed E-state index contributed by atoms with van der Waals surface area (Å²) in [6.45, 7) is 2.27. The first-order valence-electron chi connectivity index (χ1n) is 10.5. The van der Waals surface area contributed by atoms with Crippen LogP contribution in [0.5, 0.6) is 0 Å². The molecule has 1 amide bonds. The maximum absolute atomic E-state index is 12.9. The zero-order valence-corrected chi connectivity index (χ0v) is 18.2. The second kappa shape index (κ2) is 8.27. The minimum atomic E-state index is -4.55. The van der Waals surface area contributed by atoms with Crippen LogP contribution in [0.25, 0.3) is 27.8 Å². The summed E-state index contributed by atoms with van der Waals surface area (Å²) in [5, 5.41) is 9.94. The fourth-order valence-electron chi connectivity index (χ4n) is 3.72. The van der Waals surface area contributed by atoms with Crippen molar-refractivity contribution in [3.8, 4) is 11.1 Å². The standard InChI is InChI=1S/C22H18F3N9O/c1-2-27-20(35)13-9-34-17(18(26)28-10-29-34)16(13)11-3-5-12(6-4-11)30-21-31-14-7-8-15(22(23,24)25)32-19(14)33-21/h3-10H,2H2,1H3,(H,27,35)(H2,26,28,29)(H2,30,31,32,33). The lowest BCUT2D eigenvalue weighted by molar-refractivity contribution is -0.141. The lowest BCUT2D eigenvalue weighted by atomic mass is 10.0. The Morgan fingerprint density at radius 3 is 2.63 bits per heavy atom. The molecule has 0 bridgehead atoms. The van der Waals surface area contributed by atoms with E-state index in [2.05, 4.69) is 35.7 Å². The van der Waals surface area contributed by atoms with E-state index in [9.17, 15) is 18.0 Å². The van der Waals surface area contributed by atoms with E-state index in [0.29, 0.717) is 40.0 Å². The minimum Gasteiger partial charge on any atom is -0.382 e. The smallest absolute Gasteiger partial charge is 0.382 e. The highest BCUT2D eigenvalue weighted by atomic mass is 19.4. The van der Waals surface area contributed by atoms with Crippen molar-refractivity contribution < 1.29 is 18.0 Å². The lowest BCUT2D eigenvalue weighted by Gasteiger charge is -2.08. The van der Waals surface area contributed by atoms with Gasteiger partial charge in [0.2, 0.25) is 5.95 Å². The summed E-state index contributed by atoms with van der Waals surface area (Å²) >= 11 is 0. The molecule has 0 spiro atoms. The Balaban J connectivity index is 1.48. The van der Waals surface area contributed by atoms with Gasteiger partial charge in [0.25, 0.3) is 5.91 Å². The van der Waals surface area contributed by atoms with E-state index < -0.39 is 11.9 Å². The van der Waals surface area contributed by atoms with Crippen LogP contribution >= 0.6 is 0 Å². The van der Waals surface area contributed by atoms with Crippen LogP contribution in [0.15, 0.2) is 48.9 Å². The van der Waals surface area contributed by atoms with E-state index in [1.807, 2.05) is 6.92 Å². The molecular weight excluding hydrogens is 463 g/mol. The number of nitrogen functional groups attached to an aromatic ring is 1. The van der Waals surface area contributed by atoms with E-state index >= 15 is 0 Å². The van der Waals surface area contributed by atoms with Crippen molar-refractivity contribution in [3.05, 3.63) is 60.2 Å². The predicted molar refractivity (Wildman–Crippen MR) is 123 cm³/mol. The van der Waals surface area contributed by atoms with Gasteiger partial charge in [-0.05, 0) is 36.8 Å². The number of rotatable bonds is 5. The molecule has 35 heavy (non-hydrogen) atoms. The third kappa shape index (κ3) is 4.07. The minimum absolute atomic E-state index is 0.0544. The number of imidazole rings is 1. The average molecular weight is 481 g/mol. The SMILES string of the molecule is CCNC(=O)c1cn2ncnc(N)c2c1-c1ccc(Nc2nc3nc(C(F)(F)F)ccc3[nH]2)cc1. The Labute approximate surface area is 195 Å². The molecule has 0 saturated heterocycles. The van der Waals surface area contributed by atoms with Crippen molar-refractivity contribution in [1.29, 1.82) is 0 Å². The van der Waals surface area contributed by atoms with Crippen molar-refractivity contribution >= 4 is 40.0 Å². The van der Waals surface area contributed by atoms with E-state index in [-0.39, 0.29) is 23.3 Å². The molecule has 10 nitrogen and oxygen atoms in total.